The minimum atomic E-state index is -1.15. The predicted molar refractivity (Wildman–Crippen MR) is 114 cm³/mol. The summed E-state index contributed by atoms with van der Waals surface area (Å²) in [5, 5.41) is 8.12. The SMILES string of the molecule is CC(=O)O[C@@H]1NC(=O)[C@H]1NC(=O)[C@@](C)(NC(=O)CCc1ccccc1)C1CCCCC1. The van der Waals surface area contributed by atoms with Crippen molar-refractivity contribution in [2.75, 3.05) is 0 Å². The van der Waals surface area contributed by atoms with Crippen LogP contribution in [0.5, 0.6) is 0 Å². The van der Waals surface area contributed by atoms with Crippen molar-refractivity contribution in [1.82, 2.24) is 16.0 Å². The lowest BCUT2D eigenvalue weighted by molar-refractivity contribution is -0.165. The summed E-state index contributed by atoms with van der Waals surface area (Å²) in [7, 11) is 0. The zero-order valence-corrected chi connectivity index (χ0v) is 18.1. The van der Waals surface area contributed by atoms with Crippen molar-refractivity contribution in [2.24, 2.45) is 5.92 Å². The summed E-state index contributed by atoms with van der Waals surface area (Å²) >= 11 is 0. The van der Waals surface area contributed by atoms with Crippen LogP contribution in [0.1, 0.15) is 57.9 Å². The Labute approximate surface area is 182 Å². The van der Waals surface area contributed by atoms with Gasteiger partial charge in [-0.2, -0.15) is 0 Å². The fraction of sp³-hybridized carbons (Fsp3) is 0.565. The average molecular weight is 430 g/mol. The molecular formula is C23H31N3O5. The number of aryl methyl sites for hydroxylation is 1. The molecule has 8 heteroatoms. The molecule has 1 aromatic carbocycles. The Bertz CT molecular complexity index is 822. The predicted octanol–water partition coefficient (Wildman–Crippen LogP) is 1.58. The second kappa shape index (κ2) is 9.94. The van der Waals surface area contributed by atoms with Crippen LogP contribution in [0.2, 0.25) is 0 Å². The number of carbonyl (C=O) groups excluding carboxylic acids is 4. The lowest BCUT2D eigenvalue weighted by Gasteiger charge is -2.42. The molecule has 3 amide bonds. The van der Waals surface area contributed by atoms with Crippen LogP contribution in [0.4, 0.5) is 0 Å². The minimum absolute atomic E-state index is 0.0303. The standard InChI is InChI=1S/C23H31N3O5/c1-15(27)31-21-19(20(29)25-21)24-22(30)23(2,17-11-7-4-8-12-17)26-18(28)14-13-16-9-5-3-6-10-16/h3,5-6,9-10,17,19,21H,4,7-8,11-14H2,1-2H3,(H,24,30)(H,25,29)(H,26,28)/t19-,21+,23+/m1/s1. The van der Waals surface area contributed by atoms with Crippen LogP contribution in [0.25, 0.3) is 0 Å². The fourth-order valence-electron chi connectivity index (χ4n) is 4.34. The second-order valence-corrected chi connectivity index (χ2v) is 8.56. The van der Waals surface area contributed by atoms with E-state index in [0.717, 1.165) is 37.7 Å². The average Bonchev–Trinajstić information content (AvgIpc) is 2.76. The van der Waals surface area contributed by atoms with Gasteiger partial charge >= 0.3 is 5.97 Å². The molecular weight excluding hydrogens is 398 g/mol. The molecule has 0 aromatic heterocycles. The maximum atomic E-state index is 13.3. The van der Waals surface area contributed by atoms with Gasteiger partial charge in [-0.1, -0.05) is 49.6 Å². The number of esters is 1. The molecule has 8 nitrogen and oxygen atoms in total. The number of β-lactam (4-membered cyclic amide) rings is 1. The molecule has 31 heavy (non-hydrogen) atoms. The smallest absolute Gasteiger partial charge is 0.304 e. The normalized spacial score (nSPS) is 23.0. The molecule has 3 atom stereocenters. The van der Waals surface area contributed by atoms with E-state index in [1.807, 2.05) is 30.3 Å². The van der Waals surface area contributed by atoms with Gasteiger partial charge in [-0.3, -0.25) is 19.2 Å². The van der Waals surface area contributed by atoms with Gasteiger partial charge in [0, 0.05) is 13.3 Å². The number of carbonyl (C=O) groups is 4. The summed E-state index contributed by atoms with van der Waals surface area (Å²) < 4.78 is 5.02. The van der Waals surface area contributed by atoms with Gasteiger partial charge in [0.25, 0.3) is 5.91 Å². The molecule has 3 rings (SSSR count). The first kappa shape index (κ1) is 22.8. The van der Waals surface area contributed by atoms with E-state index in [9.17, 15) is 19.2 Å². The number of nitrogens with one attached hydrogen (secondary N) is 3. The third-order valence-corrected chi connectivity index (χ3v) is 6.23. The van der Waals surface area contributed by atoms with Crippen LogP contribution in [0.3, 0.4) is 0 Å². The summed E-state index contributed by atoms with van der Waals surface area (Å²) in [6, 6.07) is 8.75. The summed E-state index contributed by atoms with van der Waals surface area (Å²) in [6.07, 6.45) is 4.70. The number of rotatable bonds is 8. The monoisotopic (exact) mass is 429 g/mol. The van der Waals surface area contributed by atoms with Crippen molar-refractivity contribution in [1.29, 1.82) is 0 Å². The molecule has 2 fully saturated rings. The van der Waals surface area contributed by atoms with E-state index < -0.39 is 35.6 Å². The number of ether oxygens (including phenoxy) is 1. The Morgan fingerprint density at radius 3 is 2.42 bits per heavy atom. The summed E-state index contributed by atoms with van der Waals surface area (Å²) in [6.45, 7) is 2.97. The van der Waals surface area contributed by atoms with Gasteiger partial charge in [-0.25, -0.2) is 0 Å². The Morgan fingerprint density at radius 2 is 1.81 bits per heavy atom. The first-order valence-electron chi connectivity index (χ1n) is 10.9. The van der Waals surface area contributed by atoms with Crippen LogP contribution < -0.4 is 16.0 Å². The van der Waals surface area contributed by atoms with Crippen molar-refractivity contribution in [2.45, 2.75) is 76.6 Å². The van der Waals surface area contributed by atoms with E-state index >= 15 is 0 Å². The molecule has 1 aliphatic carbocycles. The van der Waals surface area contributed by atoms with Gasteiger partial charge in [0.2, 0.25) is 18.0 Å². The van der Waals surface area contributed by atoms with Gasteiger partial charge in [0.05, 0.1) is 0 Å². The van der Waals surface area contributed by atoms with E-state index in [1.54, 1.807) is 6.92 Å². The van der Waals surface area contributed by atoms with E-state index in [1.165, 1.54) is 6.92 Å². The second-order valence-electron chi connectivity index (χ2n) is 8.56. The Morgan fingerprint density at radius 1 is 1.13 bits per heavy atom. The highest BCUT2D eigenvalue weighted by Crippen LogP contribution is 2.33. The molecule has 2 aliphatic rings. The van der Waals surface area contributed by atoms with Gasteiger partial charge in [0.15, 0.2) is 6.04 Å². The van der Waals surface area contributed by atoms with Crippen molar-refractivity contribution < 1.29 is 23.9 Å². The van der Waals surface area contributed by atoms with E-state index in [0.29, 0.717) is 6.42 Å². The first-order chi connectivity index (χ1) is 14.8. The van der Waals surface area contributed by atoms with E-state index in [4.69, 9.17) is 4.74 Å². The molecule has 1 heterocycles. The zero-order valence-electron chi connectivity index (χ0n) is 18.1. The molecule has 0 bridgehead atoms. The Balaban J connectivity index is 1.68. The molecule has 1 aliphatic heterocycles. The third kappa shape index (κ3) is 5.62. The maximum Gasteiger partial charge on any atom is 0.304 e. The minimum Gasteiger partial charge on any atom is -0.439 e. The number of hydrogen-bond donors (Lipinski definition) is 3. The highest BCUT2D eigenvalue weighted by Gasteiger charge is 2.48. The number of hydrogen-bond acceptors (Lipinski definition) is 5. The fourth-order valence-corrected chi connectivity index (χ4v) is 4.34. The highest BCUT2D eigenvalue weighted by atomic mass is 16.6. The van der Waals surface area contributed by atoms with Gasteiger partial charge in [-0.05, 0) is 37.7 Å². The number of benzene rings is 1. The largest absolute Gasteiger partial charge is 0.439 e. The lowest BCUT2D eigenvalue weighted by atomic mass is 9.74. The van der Waals surface area contributed by atoms with Gasteiger partial charge in [-0.15, -0.1) is 0 Å². The quantitative estimate of drug-likeness (QED) is 0.429. The van der Waals surface area contributed by atoms with Crippen molar-refractivity contribution >= 4 is 23.7 Å². The van der Waals surface area contributed by atoms with Crippen LogP contribution >= 0.6 is 0 Å². The molecule has 1 saturated carbocycles. The van der Waals surface area contributed by atoms with Crippen molar-refractivity contribution in [3.8, 4) is 0 Å². The molecule has 0 spiro atoms. The van der Waals surface area contributed by atoms with E-state index in [-0.39, 0.29) is 18.2 Å². The van der Waals surface area contributed by atoms with Crippen LogP contribution in [0.15, 0.2) is 30.3 Å². The molecule has 168 valence electrons. The first-order valence-corrected chi connectivity index (χ1v) is 10.9. The lowest BCUT2D eigenvalue weighted by Crippen LogP contribution is -2.73. The van der Waals surface area contributed by atoms with E-state index in [2.05, 4.69) is 16.0 Å². The molecule has 1 aromatic rings. The number of amides is 3. The Kier molecular flexibility index (Phi) is 7.30. The zero-order chi connectivity index (χ0) is 22.4. The van der Waals surface area contributed by atoms with Crippen molar-refractivity contribution in [3.05, 3.63) is 35.9 Å². The molecule has 3 N–H and O–H groups in total. The van der Waals surface area contributed by atoms with Gasteiger partial charge in [0.1, 0.15) is 5.54 Å². The highest BCUT2D eigenvalue weighted by molar-refractivity contribution is 5.97. The summed E-state index contributed by atoms with van der Waals surface area (Å²) in [5.74, 6) is -1.63. The summed E-state index contributed by atoms with van der Waals surface area (Å²) in [4.78, 5) is 49.2. The Hall–Kier alpha value is -2.90. The van der Waals surface area contributed by atoms with Gasteiger partial charge < -0.3 is 20.7 Å². The van der Waals surface area contributed by atoms with Crippen LogP contribution in [0, 0.1) is 5.92 Å². The van der Waals surface area contributed by atoms with Crippen molar-refractivity contribution in [3.63, 3.8) is 0 Å². The topological polar surface area (TPSA) is 114 Å². The summed E-state index contributed by atoms with van der Waals surface area (Å²) in [5.41, 5.74) is -0.0954. The van der Waals surface area contributed by atoms with Crippen LogP contribution in [-0.2, 0) is 30.3 Å². The maximum absolute atomic E-state index is 13.3. The molecule has 0 radical (unpaired) electrons. The third-order valence-electron chi connectivity index (χ3n) is 6.23. The molecule has 1 saturated heterocycles. The molecule has 0 unspecified atom stereocenters. The van der Waals surface area contributed by atoms with Crippen LogP contribution in [-0.4, -0.2) is 41.5 Å².